The van der Waals surface area contributed by atoms with Crippen molar-refractivity contribution in [1.29, 1.82) is 0 Å². The molecule has 0 heterocycles. The third-order valence-corrected chi connectivity index (χ3v) is 2.41. The highest BCUT2D eigenvalue weighted by Crippen LogP contribution is 2.23. The molecule has 1 N–H and O–H groups in total. The molecule has 0 spiro atoms. The SMILES string of the molecule is COC(=O)c1cc(OC)ccc1NC(=O)C(C)C. The Labute approximate surface area is 106 Å². The van der Waals surface area contributed by atoms with Gasteiger partial charge in [0.1, 0.15) is 5.75 Å². The predicted molar refractivity (Wildman–Crippen MR) is 67.8 cm³/mol. The standard InChI is InChI=1S/C13H17NO4/c1-8(2)12(15)14-11-6-5-9(17-3)7-10(11)13(16)18-4/h5-8H,1-4H3,(H,14,15). The van der Waals surface area contributed by atoms with Crippen LogP contribution in [0.2, 0.25) is 0 Å². The van der Waals surface area contributed by atoms with Crippen molar-refractivity contribution in [2.45, 2.75) is 13.8 Å². The van der Waals surface area contributed by atoms with Crippen molar-refractivity contribution in [2.75, 3.05) is 19.5 Å². The lowest BCUT2D eigenvalue weighted by Gasteiger charge is -2.12. The second-order valence-corrected chi connectivity index (χ2v) is 4.05. The van der Waals surface area contributed by atoms with Crippen LogP contribution in [0.3, 0.4) is 0 Å². The van der Waals surface area contributed by atoms with Crippen LogP contribution in [0.25, 0.3) is 0 Å². The molecule has 1 aromatic carbocycles. The largest absolute Gasteiger partial charge is 0.497 e. The molecular weight excluding hydrogens is 234 g/mol. The van der Waals surface area contributed by atoms with Crippen LogP contribution in [0.15, 0.2) is 18.2 Å². The summed E-state index contributed by atoms with van der Waals surface area (Å²) in [5, 5.41) is 2.68. The van der Waals surface area contributed by atoms with Crippen LogP contribution in [-0.4, -0.2) is 26.1 Å². The molecule has 18 heavy (non-hydrogen) atoms. The molecule has 0 saturated heterocycles. The minimum absolute atomic E-state index is 0.162. The number of carbonyl (C=O) groups is 2. The molecule has 0 unspecified atom stereocenters. The van der Waals surface area contributed by atoms with E-state index in [1.807, 2.05) is 0 Å². The van der Waals surface area contributed by atoms with Gasteiger partial charge in [-0.1, -0.05) is 13.8 Å². The van der Waals surface area contributed by atoms with Crippen molar-refractivity contribution in [3.63, 3.8) is 0 Å². The molecule has 0 atom stereocenters. The number of nitrogens with one attached hydrogen (secondary N) is 1. The van der Waals surface area contributed by atoms with Gasteiger partial charge in [-0.3, -0.25) is 4.79 Å². The van der Waals surface area contributed by atoms with Gasteiger partial charge in [0.15, 0.2) is 0 Å². The number of esters is 1. The second-order valence-electron chi connectivity index (χ2n) is 4.05. The molecule has 0 bridgehead atoms. The van der Waals surface area contributed by atoms with Crippen molar-refractivity contribution < 1.29 is 19.1 Å². The highest BCUT2D eigenvalue weighted by atomic mass is 16.5. The van der Waals surface area contributed by atoms with Crippen LogP contribution in [0.1, 0.15) is 24.2 Å². The van der Waals surface area contributed by atoms with E-state index in [2.05, 4.69) is 10.1 Å². The van der Waals surface area contributed by atoms with E-state index in [1.165, 1.54) is 20.3 Å². The van der Waals surface area contributed by atoms with Crippen LogP contribution in [0.4, 0.5) is 5.69 Å². The topological polar surface area (TPSA) is 64.6 Å². The summed E-state index contributed by atoms with van der Waals surface area (Å²) in [6, 6.07) is 4.81. The number of anilines is 1. The maximum atomic E-state index is 11.6. The van der Waals surface area contributed by atoms with Gasteiger partial charge in [-0.2, -0.15) is 0 Å². The Morgan fingerprint density at radius 3 is 2.39 bits per heavy atom. The third kappa shape index (κ3) is 3.23. The molecule has 5 nitrogen and oxygen atoms in total. The van der Waals surface area contributed by atoms with Crippen molar-refractivity contribution in [3.05, 3.63) is 23.8 Å². The fraction of sp³-hybridized carbons (Fsp3) is 0.385. The number of ether oxygens (including phenoxy) is 2. The van der Waals surface area contributed by atoms with Crippen molar-refractivity contribution in [3.8, 4) is 5.75 Å². The number of benzene rings is 1. The summed E-state index contributed by atoms with van der Waals surface area (Å²) in [5.41, 5.74) is 0.687. The number of hydrogen-bond acceptors (Lipinski definition) is 4. The van der Waals surface area contributed by atoms with E-state index in [0.717, 1.165) is 0 Å². The Bertz CT molecular complexity index is 454. The van der Waals surface area contributed by atoms with Gasteiger partial charge in [-0.05, 0) is 18.2 Å². The molecular formula is C13H17NO4. The monoisotopic (exact) mass is 251 g/mol. The minimum atomic E-state index is -0.520. The molecule has 1 aromatic rings. The maximum absolute atomic E-state index is 11.6. The zero-order valence-electron chi connectivity index (χ0n) is 10.9. The van der Waals surface area contributed by atoms with Crippen molar-refractivity contribution >= 4 is 17.6 Å². The maximum Gasteiger partial charge on any atom is 0.340 e. The van der Waals surface area contributed by atoms with E-state index in [0.29, 0.717) is 11.4 Å². The first-order valence-electron chi connectivity index (χ1n) is 5.56. The summed E-state index contributed by atoms with van der Waals surface area (Å²) in [4.78, 5) is 23.3. The molecule has 0 fully saturated rings. The highest BCUT2D eigenvalue weighted by molar-refractivity contribution is 6.02. The molecule has 98 valence electrons. The summed E-state index contributed by atoms with van der Waals surface area (Å²) in [6.07, 6.45) is 0. The lowest BCUT2D eigenvalue weighted by atomic mass is 10.1. The summed E-state index contributed by atoms with van der Waals surface area (Å²) in [5.74, 6) is -0.325. The molecule has 1 rings (SSSR count). The lowest BCUT2D eigenvalue weighted by molar-refractivity contribution is -0.118. The fourth-order valence-electron chi connectivity index (χ4n) is 1.32. The van der Waals surface area contributed by atoms with Gasteiger partial charge in [0.2, 0.25) is 5.91 Å². The van der Waals surface area contributed by atoms with Gasteiger partial charge in [-0.15, -0.1) is 0 Å². The van der Waals surface area contributed by atoms with Gasteiger partial charge in [0.25, 0.3) is 0 Å². The van der Waals surface area contributed by atoms with Gasteiger partial charge < -0.3 is 14.8 Å². The third-order valence-electron chi connectivity index (χ3n) is 2.41. The van der Waals surface area contributed by atoms with Crippen LogP contribution in [-0.2, 0) is 9.53 Å². The smallest absolute Gasteiger partial charge is 0.340 e. The Balaban J connectivity index is 3.10. The van der Waals surface area contributed by atoms with Crippen molar-refractivity contribution in [2.24, 2.45) is 5.92 Å². The van der Waals surface area contributed by atoms with E-state index in [1.54, 1.807) is 26.0 Å². The van der Waals surface area contributed by atoms with E-state index in [9.17, 15) is 9.59 Å². The molecule has 0 radical (unpaired) electrons. The highest BCUT2D eigenvalue weighted by Gasteiger charge is 2.16. The predicted octanol–water partition coefficient (Wildman–Crippen LogP) is 2.08. The zero-order chi connectivity index (χ0) is 13.7. The zero-order valence-corrected chi connectivity index (χ0v) is 10.9. The molecule has 0 aliphatic heterocycles. The molecule has 5 heteroatoms. The van der Waals surface area contributed by atoms with Gasteiger partial charge >= 0.3 is 5.97 Å². The van der Waals surface area contributed by atoms with Crippen LogP contribution in [0.5, 0.6) is 5.75 Å². The number of carbonyl (C=O) groups excluding carboxylic acids is 2. The Hall–Kier alpha value is -2.04. The quantitative estimate of drug-likeness (QED) is 0.832. The summed E-state index contributed by atoms with van der Waals surface area (Å²) in [6.45, 7) is 3.55. The number of amides is 1. The number of hydrogen-bond donors (Lipinski definition) is 1. The van der Waals surface area contributed by atoms with Gasteiger partial charge in [0, 0.05) is 5.92 Å². The van der Waals surface area contributed by atoms with Gasteiger partial charge in [0.05, 0.1) is 25.5 Å². The van der Waals surface area contributed by atoms with Crippen LogP contribution >= 0.6 is 0 Å². The fourth-order valence-corrected chi connectivity index (χ4v) is 1.32. The first kappa shape index (κ1) is 14.0. The van der Waals surface area contributed by atoms with Gasteiger partial charge in [-0.25, -0.2) is 4.79 Å². The molecule has 0 aromatic heterocycles. The average molecular weight is 251 g/mol. The average Bonchev–Trinajstić information content (AvgIpc) is 2.38. The normalized spacial score (nSPS) is 10.1. The number of rotatable bonds is 4. The summed E-state index contributed by atoms with van der Waals surface area (Å²) in [7, 11) is 2.79. The first-order chi connectivity index (χ1) is 8.49. The Morgan fingerprint density at radius 1 is 1.22 bits per heavy atom. The van der Waals surface area contributed by atoms with E-state index in [4.69, 9.17) is 4.74 Å². The van der Waals surface area contributed by atoms with Crippen LogP contribution < -0.4 is 10.1 Å². The molecule has 0 aliphatic rings. The summed E-state index contributed by atoms with van der Waals surface area (Å²) >= 11 is 0. The number of methoxy groups -OCH3 is 2. The Kier molecular flexibility index (Phi) is 4.71. The first-order valence-corrected chi connectivity index (χ1v) is 5.56. The molecule has 0 aliphatic carbocycles. The summed E-state index contributed by atoms with van der Waals surface area (Å²) < 4.78 is 9.71. The minimum Gasteiger partial charge on any atom is -0.497 e. The van der Waals surface area contributed by atoms with E-state index >= 15 is 0 Å². The lowest BCUT2D eigenvalue weighted by Crippen LogP contribution is -2.20. The van der Waals surface area contributed by atoms with Crippen LogP contribution in [0, 0.1) is 5.92 Å². The van der Waals surface area contributed by atoms with E-state index < -0.39 is 5.97 Å². The van der Waals surface area contributed by atoms with Crippen molar-refractivity contribution in [1.82, 2.24) is 0 Å². The second kappa shape index (κ2) is 6.05. The molecule has 0 saturated carbocycles. The Morgan fingerprint density at radius 2 is 1.89 bits per heavy atom. The van der Waals surface area contributed by atoms with E-state index in [-0.39, 0.29) is 17.4 Å². The molecule has 1 amide bonds.